The monoisotopic (exact) mass is 1500 g/mol. The maximum Gasteiger partial charge on any atom is 1.00 e. The van der Waals surface area contributed by atoms with Gasteiger partial charge in [-0.25, -0.2) is 0 Å². The van der Waals surface area contributed by atoms with Gasteiger partial charge in [-0.2, -0.15) is 0 Å². The first-order valence-corrected chi connectivity index (χ1v) is 28.5. The molecule has 0 saturated heterocycles. The topological polar surface area (TPSA) is 0 Å². The quantitative estimate of drug-likeness (QED) is 0.0492. The van der Waals surface area contributed by atoms with Crippen molar-refractivity contribution in [3.05, 3.63) is 243 Å². The fraction of sp³-hybridized carbons (Fsp3) is 0.143. The van der Waals surface area contributed by atoms with Gasteiger partial charge >= 0.3 is 44.8 Å². The normalized spacial score (nSPS) is 10.4. The van der Waals surface area contributed by atoms with Crippen molar-refractivity contribution >= 4 is 74.1 Å². The van der Waals surface area contributed by atoms with Gasteiger partial charge < -0.3 is 48.0 Å². The summed E-state index contributed by atoms with van der Waals surface area (Å²) in [6.07, 6.45) is 10.4. The van der Waals surface area contributed by atoms with Crippen LogP contribution in [0.4, 0.5) is 0 Å². The Labute approximate surface area is 454 Å². The molecule has 0 saturated carbocycles. The number of hydrogen-bond acceptors (Lipinski definition) is 0. The van der Waals surface area contributed by atoms with Crippen LogP contribution >= 0.6 is 31.7 Å². The standard InChI is InChI=1S/2C28H28P2.2Au.2HI/c2*1-5-15-25(16-6-1)29(26-17-7-2-8-18-26)23-13-14-24-30(27-19-9-3-10-20-27)28-21-11-4-12-22-28;;;;/h2*1-12,15-22H,13-14,23-24H2;;;2*1H/q;;2*+1;;/p+2. The van der Waals surface area contributed by atoms with E-state index in [2.05, 4.69) is 243 Å². The third-order valence-electron chi connectivity index (χ3n) is 11.2. The van der Waals surface area contributed by atoms with Crippen molar-refractivity contribution in [1.82, 2.24) is 0 Å². The van der Waals surface area contributed by atoms with Crippen molar-refractivity contribution < 1.29 is 92.7 Å². The van der Waals surface area contributed by atoms with E-state index in [1.165, 1.54) is 92.8 Å². The maximum atomic E-state index is 2.32. The van der Waals surface area contributed by atoms with Crippen LogP contribution in [-0.2, 0) is 44.8 Å². The summed E-state index contributed by atoms with van der Waals surface area (Å²) in [5.74, 6) is 0. The van der Waals surface area contributed by atoms with Crippen LogP contribution in [0.25, 0.3) is 0 Å². The van der Waals surface area contributed by atoms with E-state index in [1.807, 2.05) is 0 Å². The molecular formula is C56H60Au2I2P4+4. The van der Waals surface area contributed by atoms with Gasteiger partial charge in [-0.05, 0) is 123 Å². The van der Waals surface area contributed by atoms with Crippen molar-refractivity contribution in [3.63, 3.8) is 0 Å². The molecule has 8 heteroatoms. The average Bonchev–Trinajstić information content (AvgIpc) is 3.34. The molecule has 0 heterocycles. The fourth-order valence-electron chi connectivity index (χ4n) is 8.14. The molecule has 0 aliphatic heterocycles. The Balaban J connectivity index is 0.000000320. The summed E-state index contributed by atoms with van der Waals surface area (Å²) >= 11 is 0. The Kier molecular flexibility index (Phi) is 29.3. The minimum Gasteiger partial charge on any atom is -1.00 e. The predicted octanol–water partition coefficient (Wildman–Crippen LogP) is 5.00. The molecule has 0 fully saturated rings. The molecule has 0 atom stereocenters. The molecule has 0 N–H and O–H groups in total. The van der Waals surface area contributed by atoms with Crippen molar-refractivity contribution in [1.29, 1.82) is 0 Å². The Hall–Kier alpha value is -1.58. The third kappa shape index (κ3) is 18.1. The first-order chi connectivity index (χ1) is 29.8. The van der Waals surface area contributed by atoms with E-state index in [-0.39, 0.29) is 92.7 Å². The summed E-state index contributed by atoms with van der Waals surface area (Å²) < 4.78 is 0. The minimum atomic E-state index is -0.714. The summed E-state index contributed by atoms with van der Waals surface area (Å²) in [4.78, 5) is 0. The van der Waals surface area contributed by atoms with Gasteiger partial charge in [0.25, 0.3) is 0 Å². The molecule has 8 aromatic carbocycles. The van der Waals surface area contributed by atoms with Crippen molar-refractivity contribution in [2.45, 2.75) is 25.7 Å². The zero-order valence-corrected chi connectivity index (χ0v) is 48.8. The Bertz CT molecular complexity index is 1840. The van der Waals surface area contributed by atoms with E-state index in [0.717, 1.165) is 0 Å². The molecule has 0 aromatic heterocycles. The summed E-state index contributed by atoms with van der Waals surface area (Å²) in [6, 6.07) is 89.2. The number of halogens is 2. The first kappa shape index (κ1) is 56.7. The SMILES string of the molecule is [Au+].[Au+].[I-].[I-].c1ccc([PH+](CCCC[PH+](c2ccccc2)c2ccccc2)c2ccccc2)cc1.c1ccc([PH+](CCCC[PH+](c2ccccc2)c2ccccc2)c2ccccc2)cc1. The van der Waals surface area contributed by atoms with Gasteiger partial charge in [-0.3, -0.25) is 0 Å². The molecule has 64 heavy (non-hydrogen) atoms. The first-order valence-electron chi connectivity index (χ1n) is 21.7. The minimum absolute atomic E-state index is 0. The van der Waals surface area contributed by atoms with Gasteiger partial charge in [0.1, 0.15) is 0 Å². The van der Waals surface area contributed by atoms with E-state index >= 15 is 0 Å². The molecule has 8 rings (SSSR count). The zero-order chi connectivity index (χ0) is 40.9. The largest absolute Gasteiger partial charge is 1.00 e. The molecule has 0 amide bonds. The Morgan fingerprint density at radius 2 is 0.297 bits per heavy atom. The average molecular weight is 1500 g/mol. The van der Waals surface area contributed by atoms with Gasteiger partial charge in [0, 0.05) is 0 Å². The van der Waals surface area contributed by atoms with Crippen LogP contribution in [0.3, 0.4) is 0 Å². The van der Waals surface area contributed by atoms with Crippen LogP contribution < -0.4 is 90.4 Å². The summed E-state index contributed by atoms with van der Waals surface area (Å²) in [5, 5.41) is 12.3. The molecule has 0 aliphatic rings. The molecule has 0 aliphatic carbocycles. The number of benzene rings is 8. The third-order valence-corrected chi connectivity index (χ3v) is 22.8. The van der Waals surface area contributed by atoms with E-state index in [9.17, 15) is 0 Å². The Morgan fingerprint density at radius 1 is 0.188 bits per heavy atom. The van der Waals surface area contributed by atoms with Crippen molar-refractivity contribution in [2.24, 2.45) is 0 Å². The van der Waals surface area contributed by atoms with Crippen LogP contribution in [0.2, 0.25) is 0 Å². The van der Waals surface area contributed by atoms with Crippen LogP contribution in [0.5, 0.6) is 0 Å². The molecule has 8 aromatic rings. The van der Waals surface area contributed by atoms with Crippen LogP contribution in [-0.4, -0.2) is 24.6 Å². The molecule has 0 bridgehead atoms. The van der Waals surface area contributed by atoms with Gasteiger partial charge in [-0.15, -0.1) is 0 Å². The second-order valence-electron chi connectivity index (χ2n) is 15.3. The van der Waals surface area contributed by atoms with Gasteiger partial charge in [-0.1, -0.05) is 146 Å². The van der Waals surface area contributed by atoms with Gasteiger partial charge in [0.15, 0.2) is 0 Å². The van der Waals surface area contributed by atoms with Crippen molar-refractivity contribution in [3.8, 4) is 0 Å². The number of unbranched alkanes of at least 4 members (excludes halogenated alkanes) is 2. The summed E-state index contributed by atoms with van der Waals surface area (Å²) in [6.45, 7) is 0. The van der Waals surface area contributed by atoms with Gasteiger partial charge in [0.05, 0.1) is 98.8 Å². The van der Waals surface area contributed by atoms with Gasteiger partial charge in [0.2, 0.25) is 0 Å². The fourth-order valence-corrected chi connectivity index (χ4v) is 19.0. The molecule has 0 nitrogen and oxygen atoms in total. The molecular weight excluding hydrogens is 1440 g/mol. The summed E-state index contributed by atoms with van der Waals surface area (Å²) in [7, 11) is -2.86. The Morgan fingerprint density at radius 3 is 0.406 bits per heavy atom. The molecule has 0 spiro atoms. The smallest absolute Gasteiger partial charge is 1.00 e. The molecule has 0 unspecified atom stereocenters. The zero-order valence-electron chi connectivity index (χ0n) is 36.1. The van der Waals surface area contributed by atoms with E-state index in [4.69, 9.17) is 0 Å². The molecule has 336 valence electrons. The van der Waals surface area contributed by atoms with E-state index in [1.54, 1.807) is 0 Å². The van der Waals surface area contributed by atoms with Crippen LogP contribution in [0, 0.1) is 0 Å². The second kappa shape index (κ2) is 33.0. The van der Waals surface area contributed by atoms with Crippen LogP contribution in [0.15, 0.2) is 243 Å². The number of rotatable bonds is 18. The second-order valence-corrected chi connectivity index (χ2v) is 25.7. The van der Waals surface area contributed by atoms with Crippen LogP contribution in [0.1, 0.15) is 25.7 Å². The predicted molar refractivity (Wildman–Crippen MR) is 280 cm³/mol. The summed E-state index contributed by atoms with van der Waals surface area (Å²) in [5.41, 5.74) is 0. The molecule has 0 radical (unpaired) electrons. The number of hydrogen-bond donors (Lipinski definition) is 0. The van der Waals surface area contributed by atoms with Crippen molar-refractivity contribution in [2.75, 3.05) is 24.6 Å². The van der Waals surface area contributed by atoms with E-state index in [0.29, 0.717) is 0 Å². The maximum absolute atomic E-state index is 2.32. The van der Waals surface area contributed by atoms with E-state index < -0.39 is 31.7 Å².